The largest absolute Gasteiger partial charge is 0.315 e. The van der Waals surface area contributed by atoms with Crippen LogP contribution in [-0.2, 0) is 4.79 Å². The van der Waals surface area contributed by atoms with Crippen LogP contribution in [0.25, 0.3) is 0 Å². The summed E-state index contributed by atoms with van der Waals surface area (Å²) in [7, 11) is -1.35. The lowest BCUT2D eigenvalue weighted by Crippen LogP contribution is -2.52. The molecule has 0 saturated heterocycles. The highest BCUT2D eigenvalue weighted by Gasteiger charge is 2.29. The van der Waals surface area contributed by atoms with E-state index in [1.165, 1.54) is 0 Å². The van der Waals surface area contributed by atoms with Crippen LogP contribution in [0.5, 0.6) is 0 Å². The van der Waals surface area contributed by atoms with Gasteiger partial charge in [0.15, 0.2) is 0 Å². The monoisotopic (exact) mass is 205 g/mol. The molecule has 0 aliphatic rings. The van der Waals surface area contributed by atoms with E-state index in [2.05, 4.69) is 43.8 Å². The summed E-state index contributed by atoms with van der Waals surface area (Å²) in [5, 5.41) is -0.0284. The van der Waals surface area contributed by atoms with Gasteiger partial charge >= 0.3 is 0 Å². The first kappa shape index (κ1) is 12.2. The maximum absolute atomic E-state index is 11.0. The maximum atomic E-state index is 11.0. The van der Waals surface area contributed by atoms with Crippen molar-refractivity contribution in [2.24, 2.45) is 0 Å². The fraction of sp³-hybridized carbons (Fsp3) is 0.875. The van der Waals surface area contributed by atoms with Crippen molar-refractivity contribution >= 4 is 26.0 Å². The van der Waals surface area contributed by atoms with Crippen molar-refractivity contribution in [1.29, 1.82) is 0 Å². The van der Waals surface area contributed by atoms with E-state index in [-0.39, 0.29) is 11.2 Å². The van der Waals surface area contributed by atoms with Crippen LogP contribution in [0.4, 0.5) is 0 Å². The molecule has 4 heteroatoms. The Bertz CT molecular complexity index is 167. The number of thiol groups is 1. The summed E-state index contributed by atoms with van der Waals surface area (Å²) >= 11 is 3.86. The Labute approximate surface area is 81.8 Å². The topological polar surface area (TPSA) is 20.3 Å². The minimum atomic E-state index is -1.35. The Morgan fingerprint density at radius 3 is 2.00 bits per heavy atom. The first-order valence-corrected chi connectivity index (χ1v) is 8.19. The zero-order valence-electron chi connectivity index (χ0n) is 8.59. The summed E-state index contributed by atoms with van der Waals surface area (Å²) in [6.07, 6.45) is 0. The molecule has 0 fully saturated rings. The fourth-order valence-electron chi connectivity index (χ4n) is 1.46. The molecule has 1 atom stereocenters. The second-order valence-corrected chi connectivity index (χ2v) is 9.33. The van der Waals surface area contributed by atoms with Crippen LogP contribution >= 0.6 is 12.6 Å². The summed E-state index contributed by atoms with van der Waals surface area (Å²) in [5.41, 5.74) is 0. The third-order valence-corrected chi connectivity index (χ3v) is 4.83. The van der Waals surface area contributed by atoms with Gasteiger partial charge in [0, 0.05) is 0 Å². The minimum Gasteiger partial charge on any atom is -0.315 e. The number of nitrogens with zero attached hydrogens (tertiary/aromatic N) is 1. The normalized spacial score (nSPS) is 14.9. The van der Waals surface area contributed by atoms with Crippen molar-refractivity contribution in [2.45, 2.75) is 39.5 Å². The molecule has 0 bridgehead atoms. The number of carbonyl (C=O) groups excluding carboxylic acids is 1. The Morgan fingerprint density at radius 2 is 1.92 bits per heavy atom. The van der Waals surface area contributed by atoms with E-state index in [1.807, 2.05) is 6.92 Å². The lowest BCUT2D eigenvalue weighted by Gasteiger charge is -2.36. The molecule has 0 saturated carbocycles. The summed E-state index contributed by atoms with van der Waals surface area (Å²) in [6.45, 7) is 11.7. The van der Waals surface area contributed by atoms with Gasteiger partial charge < -0.3 is 4.57 Å². The van der Waals surface area contributed by atoms with Gasteiger partial charge in [-0.05, 0) is 13.5 Å². The number of carbonyl (C=O) groups is 1. The smallest absolute Gasteiger partial charge is 0.202 e. The van der Waals surface area contributed by atoms with E-state index in [0.717, 1.165) is 6.54 Å². The molecule has 0 heterocycles. The van der Waals surface area contributed by atoms with E-state index in [9.17, 15) is 4.79 Å². The van der Waals surface area contributed by atoms with Gasteiger partial charge in [-0.2, -0.15) is 0 Å². The van der Waals surface area contributed by atoms with Crippen molar-refractivity contribution in [3.63, 3.8) is 0 Å². The zero-order valence-corrected chi connectivity index (χ0v) is 10.5. The van der Waals surface area contributed by atoms with Crippen LogP contribution in [0.2, 0.25) is 19.6 Å². The Morgan fingerprint density at radius 1 is 1.50 bits per heavy atom. The molecule has 0 aromatic rings. The molecule has 0 spiro atoms. The van der Waals surface area contributed by atoms with Gasteiger partial charge in [0.2, 0.25) is 5.12 Å². The van der Waals surface area contributed by atoms with E-state index in [0.29, 0.717) is 0 Å². The van der Waals surface area contributed by atoms with Crippen LogP contribution < -0.4 is 0 Å². The summed E-state index contributed by atoms with van der Waals surface area (Å²) in [5.74, 6) is 0. The van der Waals surface area contributed by atoms with Crippen molar-refractivity contribution in [3.8, 4) is 0 Å². The molecule has 0 aromatic heterocycles. The standard InChI is InChI=1S/C8H19NOSSi/c1-6-9(12(3,4)5)7(2)8(10)11/h7H,6H2,1-5H3,(H,10,11). The van der Waals surface area contributed by atoms with Crippen LogP contribution in [0.15, 0.2) is 0 Å². The van der Waals surface area contributed by atoms with E-state index >= 15 is 0 Å². The van der Waals surface area contributed by atoms with Gasteiger partial charge in [-0.3, -0.25) is 4.79 Å². The SMILES string of the molecule is CCN(C(C)C(=O)S)[Si](C)(C)C. The number of likely N-dealkylation sites (N-methyl/N-ethyl adjacent to an activating group) is 1. The third-order valence-electron chi connectivity index (χ3n) is 2.03. The summed E-state index contributed by atoms with van der Waals surface area (Å²) in [4.78, 5) is 11.0. The molecule has 0 aromatic carbocycles. The lowest BCUT2D eigenvalue weighted by molar-refractivity contribution is -0.113. The highest BCUT2D eigenvalue weighted by Crippen LogP contribution is 2.14. The predicted octanol–water partition coefficient (Wildman–Crippen LogP) is 1.99. The predicted molar refractivity (Wildman–Crippen MR) is 59.2 cm³/mol. The van der Waals surface area contributed by atoms with Crippen molar-refractivity contribution in [2.75, 3.05) is 6.54 Å². The minimum absolute atomic E-state index is 0.0284. The van der Waals surface area contributed by atoms with E-state index < -0.39 is 8.24 Å². The molecule has 1 unspecified atom stereocenters. The molecule has 0 N–H and O–H groups in total. The Balaban J connectivity index is 4.45. The van der Waals surface area contributed by atoms with Crippen LogP contribution in [-0.4, -0.2) is 30.5 Å². The van der Waals surface area contributed by atoms with Crippen molar-refractivity contribution in [3.05, 3.63) is 0 Å². The molecule has 2 nitrogen and oxygen atoms in total. The summed E-state index contributed by atoms with van der Waals surface area (Å²) < 4.78 is 2.27. The molecule has 0 aliphatic carbocycles. The number of hydrogen-bond acceptors (Lipinski definition) is 2. The molecule has 0 amide bonds. The zero-order chi connectivity index (χ0) is 9.94. The first-order valence-electron chi connectivity index (χ1n) is 4.30. The van der Waals surface area contributed by atoms with Gasteiger partial charge in [0.25, 0.3) is 0 Å². The van der Waals surface area contributed by atoms with Crippen LogP contribution in [0, 0.1) is 0 Å². The van der Waals surface area contributed by atoms with E-state index in [1.54, 1.807) is 0 Å². The number of hydrogen-bond donors (Lipinski definition) is 1. The molecule has 12 heavy (non-hydrogen) atoms. The third kappa shape index (κ3) is 3.29. The van der Waals surface area contributed by atoms with Gasteiger partial charge in [-0.25, -0.2) is 0 Å². The van der Waals surface area contributed by atoms with Crippen LogP contribution in [0.1, 0.15) is 13.8 Å². The summed E-state index contributed by atoms with van der Waals surface area (Å²) in [6, 6.07) is -0.0370. The maximum Gasteiger partial charge on any atom is 0.202 e. The van der Waals surface area contributed by atoms with Gasteiger partial charge in [-0.1, -0.05) is 26.6 Å². The highest BCUT2D eigenvalue weighted by atomic mass is 32.1. The quantitative estimate of drug-likeness (QED) is 0.559. The van der Waals surface area contributed by atoms with E-state index in [4.69, 9.17) is 0 Å². The molecule has 0 aliphatic heterocycles. The second-order valence-electron chi connectivity index (χ2n) is 3.97. The number of rotatable bonds is 4. The average Bonchev–Trinajstić information content (AvgIpc) is 1.85. The fourth-order valence-corrected chi connectivity index (χ4v) is 3.94. The Hall–Kier alpha value is 0.197. The molecule has 0 rings (SSSR count). The molecule has 72 valence electrons. The van der Waals surface area contributed by atoms with Gasteiger partial charge in [0.05, 0.1) is 6.04 Å². The molecular formula is C8H19NOSSi. The van der Waals surface area contributed by atoms with Crippen molar-refractivity contribution < 1.29 is 4.79 Å². The Kier molecular flexibility index (Phi) is 4.51. The van der Waals surface area contributed by atoms with Crippen LogP contribution in [0.3, 0.4) is 0 Å². The average molecular weight is 205 g/mol. The van der Waals surface area contributed by atoms with Crippen molar-refractivity contribution in [1.82, 2.24) is 4.57 Å². The highest BCUT2D eigenvalue weighted by molar-refractivity contribution is 7.96. The molecular weight excluding hydrogens is 186 g/mol. The second kappa shape index (κ2) is 4.44. The van der Waals surface area contributed by atoms with Gasteiger partial charge in [0.1, 0.15) is 8.24 Å². The first-order chi connectivity index (χ1) is 5.30. The van der Waals surface area contributed by atoms with Gasteiger partial charge in [-0.15, -0.1) is 12.6 Å². The molecule has 0 radical (unpaired) electrons. The lowest BCUT2D eigenvalue weighted by atomic mass is 10.4.